The quantitative estimate of drug-likeness (QED) is 0.931. The molecule has 4 heteroatoms. The first-order valence-corrected chi connectivity index (χ1v) is 6.70. The van der Waals surface area contributed by atoms with Gasteiger partial charge in [0.25, 0.3) is 0 Å². The van der Waals surface area contributed by atoms with E-state index in [1.54, 1.807) is 6.20 Å². The molecule has 3 nitrogen and oxygen atoms in total. The molecule has 0 aliphatic rings. The van der Waals surface area contributed by atoms with Crippen LogP contribution in [-0.4, -0.2) is 10.7 Å². The van der Waals surface area contributed by atoms with Gasteiger partial charge in [0, 0.05) is 27.7 Å². The van der Waals surface area contributed by atoms with Crippen molar-refractivity contribution >= 4 is 15.9 Å². The van der Waals surface area contributed by atoms with Crippen LogP contribution in [0.2, 0.25) is 0 Å². The number of aromatic nitrogens is 1. The Morgan fingerprint density at radius 1 is 1.28 bits per heavy atom. The first-order chi connectivity index (χ1) is 8.47. The molecule has 1 aromatic heterocycles. The third-order valence-corrected chi connectivity index (χ3v) is 3.26. The van der Waals surface area contributed by atoms with E-state index in [1.807, 2.05) is 24.3 Å². The Morgan fingerprint density at radius 2 is 2.00 bits per heavy atom. The highest BCUT2D eigenvalue weighted by molar-refractivity contribution is 9.10. The summed E-state index contributed by atoms with van der Waals surface area (Å²) >= 11 is 3.53. The standard InChI is InChI=1S/C14H17BrN2O/c1-14(2,3)16-8-10-9-17-18-13(10)11-6-4-5-7-12(11)15/h4-7,9,16H,8H2,1-3H3. The number of benzene rings is 1. The van der Waals surface area contributed by atoms with E-state index in [4.69, 9.17) is 4.52 Å². The van der Waals surface area contributed by atoms with Crippen LogP contribution in [0.5, 0.6) is 0 Å². The lowest BCUT2D eigenvalue weighted by molar-refractivity contribution is 0.418. The van der Waals surface area contributed by atoms with Gasteiger partial charge in [0.05, 0.1) is 6.20 Å². The van der Waals surface area contributed by atoms with Crippen molar-refractivity contribution in [2.75, 3.05) is 0 Å². The van der Waals surface area contributed by atoms with E-state index >= 15 is 0 Å². The van der Waals surface area contributed by atoms with Gasteiger partial charge in [-0.3, -0.25) is 0 Å². The average molecular weight is 309 g/mol. The number of rotatable bonds is 3. The van der Waals surface area contributed by atoms with Crippen molar-refractivity contribution in [2.24, 2.45) is 0 Å². The highest BCUT2D eigenvalue weighted by atomic mass is 79.9. The van der Waals surface area contributed by atoms with E-state index in [0.717, 1.165) is 27.9 Å². The molecule has 0 radical (unpaired) electrons. The van der Waals surface area contributed by atoms with Gasteiger partial charge in [-0.25, -0.2) is 0 Å². The molecule has 0 atom stereocenters. The average Bonchev–Trinajstić information content (AvgIpc) is 2.74. The Kier molecular flexibility index (Phi) is 3.88. The molecule has 0 aliphatic carbocycles. The molecule has 0 saturated carbocycles. The lowest BCUT2D eigenvalue weighted by Crippen LogP contribution is -2.35. The van der Waals surface area contributed by atoms with Gasteiger partial charge in [-0.2, -0.15) is 0 Å². The van der Waals surface area contributed by atoms with Crippen molar-refractivity contribution in [3.8, 4) is 11.3 Å². The van der Waals surface area contributed by atoms with Gasteiger partial charge >= 0.3 is 0 Å². The van der Waals surface area contributed by atoms with Gasteiger partial charge in [0.2, 0.25) is 0 Å². The minimum atomic E-state index is 0.0719. The van der Waals surface area contributed by atoms with E-state index in [-0.39, 0.29) is 5.54 Å². The van der Waals surface area contributed by atoms with Crippen LogP contribution in [0.25, 0.3) is 11.3 Å². The molecular weight excluding hydrogens is 292 g/mol. The number of nitrogens with zero attached hydrogens (tertiary/aromatic N) is 1. The SMILES string of the molecule is CC(C)(C)NCc1cnoc1-c1ccccc1Br. The van der Waals surface area contributed by atoms with Gasteiger partial charge in [0.15, 0.2) is 5.76 Å². The van der Waals surface area contributed by atoms with Gasteiger partial charge < -0.3 is 9.84 Å². The summed E-state index contributed by atoms with van der Waals surface area (Å²) in [5.74, 6) is 0.819. The summed E-state index contributed by atoms with van der Waals surface area (Å²) in [7, 11) is 0. The molecule has 0 amide bonds. The first kappa shape index (κ1) is 13.3. The second-order valence-electron chi connectivity index (χ2n) is 5.26. The molecule has 18 heavy (non-hydrogen) atoms. The van der Waals surface area contributed by atoms with Crippen molar-refractivity contribution in [1.82, 2.24) is 10.5 Å². The number of hydrogen-bond donors (Lipinski definition) is 1. The zero-order valence-corrected chi connectivity index (χ0v) is 12.4. The Morgan fingerprint density at radius 3 is 2.67 bits per heavy atom. The zero-order chi connectivity index (χ0) is 13.2. The largest absolute Gasteiger partial charge is 0.356 e. The van der Waals surface area contributed by atoms with E-state index in [9.17, 15) is 0 Å². The lowest BCUT2D eigenvalue weighted by atomic mass is 10.1. The fraction of sp³-hybridized carbons (Fsp3) is 0.357. The summed E-state index contributed by atoms with van der Waals surface area (Å²) in [6, 6.07) is 7.99. The fourth-order valence-electron chi connectivity index (χ4n) is 1.61. The van der Waals surface area contributed by atoms with Crippen LogP contribution in [0.15, 0.2) is 39.5 Å². The lowest BCUT2D eigenvalue weighted by Gasteiger charge is -2.20. The molecule has 0 unspecified atom stereocenters. The van der Waals surface area contributed by atoms with Gasteiger partial charge in [-0.05, 0) is 32.9 Å². The highest BCUT2D eigenvalue weighted by Crippen LogP contribution is 2.30. The number of hydrogen-bond acceptors (Lipinski definition) is 3. The minimum absolute atomic E-state index is 0.0719. The molecule has 1 aromatic carbocycles. The monoisotopic (exact) mass is 308 g/mol. The fourth-order valence-corrected chi connectivity index (χ4v) is 2.08. The third kappa shape index (κ3) is 3.21. The zero-order valence-electron chi connectivity index (χ0n) is 10.8. The topological polar surface area (TPSA) is 38.1 Å². The second-order valence-corrected chi connectivity index (χ2v) is 6.12. The number of halogens is 1. The molecule has 2 rings (SSSR count). The Hall–Kier alpha value is -1.13. The molecule has 0 bridgehead atoms. The van der Waals surface area contributed by atoms with Crippen LogP contribution < -0.4 is 5.32 Å². The van der Waals surface area contributed by atoms with Crippen molar-refractivity contribution in [3.05, 3.63) is 40.5 Å². The van der Waals surface area contributed by atoms with Crippen LogP contribution in [-0.2, 0) is 6.54 Å². The predicted molar refractivity (Wildman–Crippen MR) is 76.2 cm³/mol. The molecule has 96 valence electrons. The highest BCUT2D eigenvalue weighted by Gasteiger charge is 2.15. The maximum absolute atomic E-state index is 5.38. The molecule has 1 N–H and O–H groups in total. The molecule has 0 fully saturated rings. The van der Waals surface area contributed by atoms with Crippen LogP contribution in [0.3, 0.4) is 0 Å². The Labute approximate surface area is 116 Å². The van der Waals surface area contributed by atoms with Crippen molar-refractivity contribution < 1.29 is 4.52 Å². The smallest absolute Gasteiger partial charge is 0.172 e. The Balaban J connectivity index is 2.26. The maximum Gasteiger partial charge on any atom is 0.172 e. The summed E-state index contributed by atoms with van der Waals surface area (Å²) in [4.78, 5) is 0. The molecule has 0 aliphatic heterocycles. The van der Waals surface area contributed by atoms with E-state index < -0.39 is 0 Å². The van der Waals surface area contributed by atoms with Crippen molar-refractivity contribution in [2.45, 2.75) is 32.9 Å². The second kappa shape index (κ2) is 5.24. The summed E-state index contributed by atoms with van der Waals surface area (Å²) in [5.41, 5.74) is 2.17. The van der Waals surface area contributed by atoms with Gasteiger partial charge in [0.1, 0.15) is 0 Å². The van der Waals surface area contributed by atoms with Crippen LogP contribution in [0.4, 0.5) is 0 Å². The third-order valence-electron chi connectivity index (χ3n) is 2.57. The summed E-state index contributed by atoms with van der Waals surface area (Å²) in [6.45, 7) is 7.15. The van der Waals surface area contributed by atoms with Crippen LogP contribution in [0, 0.1) is 0 Å². The predicted octanol–water partition coefficient (Wildman–Crippen LogP) is 3.99. The summed E-state index contributed by atoms with van der Waals surface area (Å²) in [5, 5.41) is 7.34. The van der Waals surface area contributed by atoms with Gasteiger partial charge in [-0.15, -0.1) is 0 Å². The summed E-state index contributed by atoms with van der Waals surface area (Å²) < 4.78 is 6.39. The molecular formula is C14H17BrN2O. The maximum atomic E-state index is 5.38. The van der Waals surface area contributed by atoms with Crippen molar-refractivity contribution in [1.29, 1.82) is 0 Å². The van der Waals surface area contributed by atoms with E-state index in [1.165, 1.54) is 0 Å². The first-order valence-electron chi connectivity index (χ1n) is 5.91. The number of nitrogens with one attached hydrogen (secondary N) is 1. The van der Waals surface area contributed by atoms with Crippen LogP contribution >= 0.6 is 15.9 Å². The van der Waals surface area contributed by atoms with Gasteiger partial charge in [-0.1, -0.05) is 33.2 Å². The van der Waals surface area contributed by atoms with Crippen LogP contribution in [0.1, 0.15) is 26.3 Å². The molecule has 1 heterocycles. The molecule has 0 spiro atoms. The van der Waals surface area contributed by atoms with E-state index in [0.29, 0.717) is 0 Å². The normalized spacial score (nSPS) is 11.8. The van der Waals surface area contributed by atoms with E-state index in [2.05, 4.69) is 47.2 Å². The summed E-state index contributed by atoms with van der Waals surface area (Å²) in [6.07, 6.45) is 1.77. The minimum Gasteiger partial charge on any atom is -0.356 e. The van der Waals surface area contributed by atoms with Crippen molar-refractivity contribution in [3.63, 3.8) is 0 Å². The Bertz CT molecular complexity index is 529. The molecule has 0 saturated heterocycles. The molecule has 2 aromatic rings.